The number of anilines is 1. The molecule has 2 aromatic rings. The highest BCUT2D eigenvalue weighted by Crippen LogP contribution is 2.14. The predicted octanol–water partition coefficient (Wildman–Crippen LogP) is 1.66. The second kappa shape index (κ2) is 12.2. The molecule has 0 aliphatic carbocycles. The maximum absolute atomic E-state index is 13.0. The van der Waals surface area contributed by atoms with Crippen molar-refractivity contribution in [2.75, 3.05) is 50.4 Å². The molecule has 8 nitrogen and oxygen atoms in total. The number of nitrogens with zero attached hydrogens (tertiary/aromatic N) is 4. The lowest BCUT2D eigenvalue weighted by atomic mass is 10.2. The number of benzene rings is 1. The van der Waals surface area contributed by atoms with Gasteiger partial charge in [0, 0.05) is 52.5 Å². The van der Waals surface area contributed by atoms with Crippen molar-refractivity contribution in [2.24, 2.45) is 4.99 Å². The zero-order valence-corrected chi connectivity index (χ0v) is 20.5. The number of aliphatic imine (C=N–C) groups is 1. The van der Waals surface area contributed by atoms with Crippen LogP contribution in [-0.4, -0.2) is 69.2 Å². The molecule has 0 radical (unpaired) electrons. The van der Waals surface area contributed by atoms with Crippen molar-refractivity contribution in [2.45, 2.75) is 6.54 Å². The molecule has 1 aromatic carbocycles. The normalized spacial score (nSPS) is 15.3. The molecule has 170 valence electrons. The minimum Gasteiger partial charge on any atom is -0.355 e. The van der Waals surface area contributed by atoms with Gasteiger partial charge < -0.3 is 15.5 Å². The number of nitrogens with one attached hydrogen (secondary N) is 2. The van der Waals surface area contributed by atoms with Crippen molar-refractivity contribution in [1.29, 1.82) is 0 Å². The van der Waals surface area contributed by atoms with Gasteiger partial charge in [-0.1, -0.05) is 18.2 Å². The molecule has 1 fully saturated rings. The molecule has 1 saturated heterocycles. The van der Waals surface area contributed by atoms with Crippen LogP contribution in [0.2, 0.25) is 0 Å². The Morgan fingerprint density at radius 1 is 1.10 bits per heavy atom. The number of pyridine rings is 1. The summed E-state index contributed by atoms with van der Waals surface area (Å²) >= 11 is 0. The van der Waals surface area contributed by atoms with E-state index < -0.39 is 10.0 Å². The zero-order chi connectivity index (χ0) is 21.4. The predicted molar refractivity (Wildman–Crippen MR) is 132 cm³/mol. The van der Waals surface area contributed by atoms with Crippen LogP contribution in [0.4, 0.5) is 10.2 Å². The molecule has 2 N–H and O–H groups in total. The van der Waals surface area contributed by atoms with Crippen LogP contribution < -0.4 is 15.5 Å². The number of aromatic nitrogens is 1. The Bertz CT molecular complexity index is 936. The standard InChI is InChI=1S/C20H27FN6O2S.HI/c1-22-20(25-16-17-5-7-18(21)8-6-17)24-10-15-30(28,29)27-13-11-26(12-14-27)19-4-2-3-9-23-19;/h2-9H,10-16H2,1H3,(H2,22,24,25);1H. The third kappa shape index (κ3) is 7.58. The second-order valence-corrected chi connectivity index (χ2v) is 8.96. The monoisotopic (exact) mass is 562 g/mol. The van der Waals surface area contributed by atoms with Crippen LogP contribution >= 0.6 is 24.0 Å². The van der Waals surface area contributed by atoms with E-state index in [1.165, 1.54) is 16.4 Å². The molecule has 0 atom stereocenters. The highest BCUT2D eigenvalue weighted by atomic mass is 127. The lowest BCUT2D eigenvalue weighted by Crippen LogP contribution is -2.50. The van der Waals surface area contributed by atoms with Crippen molar-refractivity contribution in [1.82, 2.24) is 19.9 Å². The van der Waals surface area contributed by atoms with Crippen LogP contribution in [0, 0.1) is 5.82 Å². The molecule has 11 heteroatoms. The van der Waals surface area contributed by atoms with Crippen LogP contribution in [0.5, 0.6) is 0 Å². The first-order valence-electron chi connectivity index (χ1n) is 9.81. The summed E-state index contributed by atoms with van der Waals surface area (Å²) in [5, 5.41) is 6.11. The largest absolute Gasteiger partial charge is 0.355 e. The molecular formula is C20H28FIN6O2S. The summed E-state index contributed by atoms with van der Waals surface area (Å²) in [6.07, 6.45) is 1.74. The number of hydrogen-bond donors (Lipinski definition) is 2. The Morgan fingerprint density at radius 3 is 2.42 bits per heavy atom. The number of rotatable bonds is 7. The molecule has 1 aromatic heterocycles. The van der Waals surface area contributed by atoms with E-state index in [4.69, 9.17) is 0 Å². The molecule has 1 aliphatic rings. The van der Waals surface area contributed by atoms with E-state index in [-0.39, 0.29) is 42.1 Å². The third-order valence-electron chi connectivity index (χ3n) is 4.85. The van der Waals surface area contributed by atoms with Gasteiger partial charge in [-0.25, -0.2) is 17.8 Å². The first-order chi connectivity index (χ1) is 14.5. The first kappa shape index (κ1) is 25.3. The smallest absolute Gasteiger partial charge is 0.215 e. The molecule has 0 saturated carbocycles. The minimum absolute atomic E-state index is 0. The summed E-state index contributed by atoms with van der Waals surface area (Å²) < 4.78 is 39.8. The fraction of sp³-hybridized carbons (Fsp3) is 0.400. The highest BCUT2D eigenvalue weighted by molar-refractivity contribution is 14.0. The van der Waals surface area contributed by atoms with Crippen molar-refractivity contribution < 1.29 is 12.8 Å². The maximum Gasteiger partial charge on any atom is 0.215 e. The Hall–Kier alpha value is -1.99. The molecule has 31 heavy (non-hydrogen) atoms. The molecule has 1 aliphatic heterocycles. The van der Waals surface area contributed by atoms with Crippen molar-refractivity contribution in [3.63, 3.8) is 0 Å². The van der Waals surface area contributed by atoms with E-state index >= 15 is 0 Å². The van der Waals surface area contributed by atoms with Gasteiger partial charge in [0.15, 0.2) is 5.96 Å². The summed E-state index contributed by atoms with van der Waals surface area (Å²) in [4.78, 5) is 10.5. The van der Waals surface area contributed by atoms with Crippen LogP contribution in [0.15, 0.2) is 53.7 Å². The Kier molecular flexibility index (Phi) is 9.91. The number of piperazine rings is 1. The summed E-state index contributed by atoms with van der Waals surface area (Å²) in [6.45, 7) is 2.82. The number of guanidine groups is 1. The van der Waals surface area contributed by atoms with Gasteiger partial charge in [-0.3, -0.25) is 4.99 Å². The highest BCUT2D eigenvalue weighted by Gasteiger charge is 2.27. The van der Waals surface area contributed by atoms with Crippen LogP contribution in [-0.2, 0) is 16.6 Å². The quantitative estimate of drug-likeness (QED) is 0.303. The van der Waals surface area contributed by atoms with Gasteiger partial charge in [0.25, 0.3) is 0 Å². The summed E-state index contributed by atoms with van der Waals surface area (Å²) in [5.74, 6) is 1.06. The van der Waals surface area contributed by atoms with Crippen LogP contribution in [0.25, 0.3) is 0 Å². The van der Waals surface area contributed by atoms with Crippen molar-refractivity contribution >= 4 is 45.8 Å². The Balaban J connectivity index is 0.00000341. The zero-order valence-electron chi connectivity index (χ0n) is 17.4. The van der Waals surface area contributed by atoms with Gasteiger partial charge in [-0.2, -0.15) is 4.31 Å². The Morgan fingerprint density at radius 2 is 1.81 bits per heavy atom. The topological polar surface area (TPSA) is 89.9 Å². The molecule has 0 unspecified atom stereocenters. The van der Waals surface area contributed by atoms with Crippen LogP contribution in [0.1, 0.15) is 5.56 Å². The fourth-order valence-electron chi connectivity index (χ4n) is 3.17. The average Bonchev–Trinajstić information content (AvgIpc) is 2.78. The van der Waals surface area contributed by atoms with E-state index in [2.05, 4.69) is 25.5 Å². The lowest BCUT2D eigenvalue weighted by molar-refractivity contribution is 0.384. The average molecular weight is 562 g/mol. The molecule has 0 amide bonds. The van der Waals surface area contributed by atoms with Crippen molar-refractivity contribution in [3.05, 3.63) is 60.0 Å². The van der Waals surface area contributed by atoms with E-state index in [1.807, 2.05) is 18.2 Å². The van der Waals surface area contributed by atoms with Crippen molar-refractivity contribution in [3.8, 4) is 0 Å². The molecular weight excluding hydrogens is 534 g/mol. The summed E-state index contributed by atoms with van der Waals surface area (Å²) in [5.41, 5.74) is 0.901. The third-order valence-corrected chi connectivity index (χ3v) is 6.73. The van der Waals surface area contributed by atoms with Gasteiger partial charge >= 0.3 is 0 Å². The van der Waals surface area contributed by atoms with E-state index in [9.17, 15) is 12.8 Å². The van der Waals surface area contributed by atoms with E-state index in [0.29, 0.717) is 38.7 Å². The molecule has 0 bridgehead atoms. The van der Waals surface area contributed by atoms with Gasteiger partial charge in [0.1, 0.15) is 11.6 Å². The van der Waals surface area contributed by atoms with Crippen LogP contribution in [0.3, 0.4) is 0 Å². The van der Waals surface area contributed by atoms with Gasteiger partial charge in [0.2, 0.25) is 10.0 Å². The SMILES string of the molecule is CN=C(NCCS(=O)(=O)N1CCN(c2ccccn2)CC1)NCc1ccc(F)cc1.I. The Labute approximate surface area is 200 Å². The van der Waals surface area contributed by atoms with E-state index in [0.717, 1.165) is 11.4 Å². The van der Waals surface area contributed by atoms with E-state index in [1.54, 1.807) is 25.4 Å². The summed E-state index contributed by atoms with van der Waals surface area (Å²) in [7, 11) is -1.75. The molecule has 3 rings (SSSR count). The van der Waals surface area contributed by atoms with Gasteiger partial charge in [-0.15, -0.1) is 24.0 Å². The second-order valence-electron chi connectivity index (χ2n) is 6.87. The first-order valence-corrected chi connectivity index (χ1v) is 11.4. The van der Waals surface area contributed by atoms with Gasteiger partial charge in [0.05, 0.1) is 5.75 Å². The summed E-state index contributed by atoms with van der Waals surface area (Å²) in [6, 6.07) is 11.9. The number of hydrogen-bond acceptors (Lipinski definition) is 5. The fourth-order valence-corrected chi connectivity index (χ4v) is 4.51. The maximum atomic E-state index is 13.0. The lowest BCUT2D eigenvalue weighted by Gasteiger charge is -2.34. The minimum atomic E-state index is -3.37. The number of halogens is 2. The number of sulfonamides is 1. The molecule has 0 spiro atoms. The molecule has 2 heterocycles. The van der Waals surface area contributed by atoms with Gasteiger partial charge in [-0.05, 0) is 29.8 Å².